The maximum atomic E-state index is 11.5. The molecule has 2 N–H and O–H groups in total. The number of amides is 1. The van der Waals surface area contributed by atoms with E-state index in [1.165, 1.54) is 41.5 Å². The number of hydrogen-bond donors (Lipinski definition) is 2. The summed E-state index contributed by atoms with van der Waals surface area (Å²) in [5.41, 5.74) is 2.31. The first-order valence-electron chi connectivity index (χ1n) is 9.92. The van der Waals surface area contributed by atoms with E-state index < -0.39 is 24.8 Å². The third-order valence-electron chi connectivity index (χ3n) is 4.74. The van der Waals surface area contributed by atoms with Gasteiger partial charge in [-0.3, -0.25) is 0 Å². The Labute approximate surface area is 183 Å². The van der Waals surface area contributed by atoms with Crippen LogP contribution in [0.5, 0.6) is 0 Å². The molecule has 1 heterocycles. The number of carbonyl (C=O) groups excluding carboxylic acids is 1. The van der Waals surface area contributed by atoms with Gasteiger partial charge in [0.2, 0.25) is 5.95 Å². The summed E-state index contributed by atoms with van der Waals surface area (Å²) in [4.78, 5) is 19.7. The maximum Gasteiger partial charge on any atom is 0.397 e. The number of alkyl halides is 3. The smallest absolute Gasteiger partial charge is 0.325 e. The van der Waals surface area contributed by atoms with Gasteiger partial charge >= 0.3 is 12.3 Å². The number of thioether (sulfide) groups is 1. The zero-order chi connectivity index (χ0) is 22.9. The van der Waals surface area contributed by atoms with E-state index >= 15 is 0 Å². The average molecular weight is 459 g/mol. The minimum absolute atomic E-state index is 0.670. The van der Waals surface area contributed by atoms with Crippen LogP contribution in [0.25, 0.3) is 0 Å². The van der Waals surface area contributed by atoms with Crippen LogP contribution in [0.2, 0.25) is 0 Å². The van der Waals surface area contributed by atoms with Crippen LogP contribution in [0.1, 0.15) is 50.5 Å². The summed E-state index contributed by atoms with van der Waals surface area (Å²) < 4.78 is 45.9. The molecule has 2 aromatic rings. The van der Waals surface area contributed by atoms with Gasteiger partial charge in [0, 0.05) is 29.0 Å². The lowest BCUT2D eigenvalue weighted by Gasteiger charge is -2.12. The second-order valence-corrected chi connectivity index (χ2v) is 8.19. The van der Waals surface area contributed by atoms with Gasteiger partial charge in [-0.2, -0.15) is 13.2 Å². The minimum atomic E-state index is -4.37. The summed E-state index contributed by atoms with van der Waals surface area (Å²) in [6, 6.07) is 7.09. The molecule has 5 nitrogen and oxygen atoms in total. The van der Waals surface area contributed by atoms with Crippen molar-refractivity contribution in [1.29, 1.82) is 0 Å². The summed E-state index contributed by atoms with van der Waals surface area (Å²) in [6.07, 6.45) is 3.74. The molecule has 1 aromatic heterocycles. The molecule has 0 aliphatic heterocycles. The molecule has 0 saturated heterocycles. The van der Waals surface area contributed by atoms with E-state index in [1.54, 1.807) is 11.8 Å². The first-order chi connectivity index (χ1) is 14.7. The van der Waals surface area contributed by atoms with E-state index in [-0.39, 0.29) is 0 Å². The number of rotatable bonds is 6. The molecule has 3 rings (SSSR count). The fourth-order valence-electron chi connectivity index (χ4n) is 3.27. The Balaban J connectivity index is 0.000000267. The molecule has 10 heteroatoms. The van der Waals surface area contributed by atoms with E-state index in [2.05, 4.69) is 45.8 Å². The summed E-state index contributed by atoms with van der Waals surface area (Å²) in [6.45, 7) is 1.07. The Hall–Kier alpha value is -2.36. The second-order valence-electron chi connectivity index (χ2n) is 7.31. The number of nitrogens with one attached hydrogen (secondary N) is 2. The predicted molar refractivity (Wildman–Crippen MR) is 115 cm³/mol. The predicted octanol–water partition coefficient (Wildman–Crippen LogP) is 6.61. The fraction of sp³-hybridized carbons (Fsp3) is 0.476. The summed E-state index contributed by atoms with van der Waals surface area (Å²) in [5, 5.41) is 4.72. The number of anilines is 2. The fourth-order valence-corrected chi connectivity index (χ4v) is 3.68. The number of halogens is 4. The molecule has 1 aromatic carbocycles. The molecule has 0 radical (unpaired) electrons. The van der Waals surface area contributed by atoms with E-state index in [0.717, 1.165) is 12.6 Å². The van der Waals surface area contributed by atoms with Crippen molar-refractivity contribution >= 4 is 29.6 Å². The van der Waals surface area contributed by atoms with Crippen molar-refractivity contribution in [1.82, 2.24) is 15.3 Å². The zero-order valence-corrected chi connectivity index (χ0v) is 18.2. The van der Waals surface area contributed by atoms with Crippen molar-refractivity contribution in [3.05, 3.63) is 42.2 Å². The van der Waals surface area contributed by atoms with Gasteiger partial charge in [0.25, 0.3) is 0 Å². The third-order valence-corrected chi connectivity index (χ3v) is 5.49. The van der Waals surface area contributed by atoms with Crippen molar-refractivity contribution in [2.45, 2.75) is 62.1 Å². The molecule has 31 heavy (non-hydrogen) atoms. The molecule has 0 bridgehead atoms. The lowest BCUT2D eigenvalue weighted by atomic mass is 10.0. The Morgan fingerprint density at radius 1 is 1.16 bits per heavy atom. The molecular formula is C21H26F4N4OS. The van der Waals surface area contributed by atoms with Crippen molar-refractivity contribution in [3.63, 3.8) is 0 Å². The largest absolute Gasteiger partial charge is 0.397 e. The Kier molecular flexibility index (Phi) is 9.54. The van der Waals surface area contributed by atoms with Crippen molar-refractivity contribution in [2.75, 3.05) is 11.6 Å². The quantitative estimate of drug-likeness (QED) is 0.221. The Morgan fingerprint density at radius 2 is 1.74 bits per heavy atom. The molecule has 0 spiro atoms. The highest BCUT2D eigenvalue weighted by atomic mass is 32.2. The number of hydrogen-bond acceptors (Lipinski definition) is 5. The molecule has 1 aliphatic rings. The van der Waals surface area contributed by atoms with Gasteiger partial charge in [0.1, 0.15) is 0 Å². The lowest BCUT2D eigenvalue weighted by Crippen LogP contribution is -2.33. The van der Waals surface area contributed by atoms with Crippen molar-refractivity contribution in [3.8, 4) is 0 Å². The molecule has 1 saturated carbocycles. The number of nitrogens with zero attached hydrogens (tertiary/aromatic N) is 2. The van der Waals surface area contributed by atoms with Gasteiger partial charge in [0.15, 0.2) is 0 Å². The molecule has 1 fully saturated rings. The summed E-state index contributed by atoms with van der Waals surface area (Å²) >= 11 is 1.74. The molecule has 1 amide bonds. The standard InChI is InChI=1S/C16H19N3S.C5H7F4NO/c1-20-15-8-6-14(7-9-15)19-16-17-10-13(11-18-16)12-4-2-3-5-12;1-3(10-4(6)11)2-5(7,8)9/h6-12H,2-5H2,1H3,(H,17,18,19);3H,2H2,1H3,(H,10,11). The lowest BCUT2D eigenvalue weighted by molar-refractivity contribution is -0.138. The average Bonchev–Trinajstić information content (AvgIpc) is 3.22. The molecule has 1 atom stereocenters. The van der Waals surface area contributed by atoms with Crippen LogP contribution in [-0.4, -0.2) is 34.6 Å². The van der Waals surface area contributed by atoms with Gasteiger partial charge in [-0.1, -0.05) is 12.8 Å². The van der Waals surface area contributed by atoms with Gasteiger partial charge in [-0.15, -0.1) is 16.2 Å². The van der Waals surface area contributed by atoms with Crippen LogP contribution in [0.15, 0.2) is 41.6 Å². The SMILES string of the molecule is CC(CC(F)(F)F)NC(=O)F.CSc1ccc(Nc2ncc(C3CCCC3)cn2)cc1. The van der Waals surface area contributed by atoms with Crippen LogP contribution in [0, 0.1) is 0 Å². The van der Waals surface area contributed by atoms with Crippen LogP contribution >= 0.6 is 11.8 Å². The number of aromatic nitrogens is 2. The Morgan fingerprint density at radius 3 is 2.23 bits per heavy atom. The van der Waals surface area contributed by atoms with E-state index in [1.807, 2.05) is 12.4 Å². The van der Waals surface area contributed by atoms with E-state index in [4.69, 9.17) is 0 Å². The highest BCUT2D eigenvalue weighted by molar-refractivity contribution is 7.98. The van der Waals surface area contributed by atoms with E-state index in [9.17, 15) is 22.4 Å². The topological polar surface area (TPSA) is 66.9 Å². The van der Waals surface area contributed by atoms with Crippen LogP contribution in [0.4, 0.5) is 34.0 Å². The number of carbonyl (C=O) groups is 1. The minimum Gasteiger partial charge on any atom is -0.325 e. The summed E-state index contributed by atoms with van der Waals surface area (Å²) in [5.74, 6) is 1.34. The van der Waals surface area contributed by atoms with Crippen LogP contribution in [-0.2, 0) is 0 Å². The third kappa shape index (κ3) is 9.54. The molecule has 1 unspecified atom stereocenters. The Bertz CT molecular complexity index is 810. The summed E-state index contributed by atoms with van der Waals surface area (Å²) in [7, 11) is 0. The number of benzene rings is 1. The van der Waals surface area contributed by atoms with Gasteiger partial charge in [0.05, 0.1) is 6.42 Å². The van der Waals surface area contributed by atoms with Gasteiger partial charge < -0.3 is 10.6 Å². The second kappa shape index (κ2) is 11.9. The van der Waals surface area contributed by atoms with E-state index in [0.29, 0.717) is 11.9 Å². The van der Waals surface area contributed by atoms with Crippen molar-refractivity contribution < 1.29 is 22.4 Å². The first-order valence-corrected chi connectivity index (χ1v) is 11.1. The first kappa shape index (κ1) is 24.9. The van der Waals surface area contributed by atoms with Crippen molar-refractivity contribution in [2.24, 2.45) is 0 Å². The monoisotopic (exact) mass is 458 g/mol. The molecule has 170 valence electrons. The van der Waals surface area contributed by atoms with Crippen LogP contribution < -0.4 is 10.6 Å². The van der Waals surface area contributed by atoms with Gasteiger partial charge in [-0.25, -0.2) is 14.8 Å². The van der Waals surface area contributed by atoms with Gasteiger partial charge in [-0.05, 0) is 61.8 Å². The molecular weight excluding hydrogens is 432 g/mol. The van der Waals surface area contributed by atoms with Crippen LogP contribution in [0.3, 0.4) is 0 Å². The normalized spacial score (nSPS) is 15.0. The zero-order valence-electron chi connectivity index (χ0n) is 17.4. The molecule has 1 aliphatic carbocycles. The highest BCUT2D eigenvalue weighted by Gasteiger charge is 2.30. The highest BCUT2D eigenvalue weighted by Crippen LogP contribution is 2.33. The maximum absolute atomic E-state index is 11.5.